The number of nitrogens with zero attached hydrogens (tertiary/aromatic N) is 2. The first kappa shape index (κ1) is 18.7. The Hall–Kier alpha value is -2.60. The number of amides is 1. The third kappa shape index (κ3) is 5.19. The Kier molecular flexibility index (Phi) is 5.98. The molecular formula is C19H24N2O4. The molecule has 0 atom stereocenters. The van der Waals surface area contributed by atoms with Crippen molar-refractivity contribution in [3.63, 3.8) is 0 Å². The maximum Gasteiger partial charge on any atom is 0.417 e. The van der Waals surface area contributed by atoms with Gasteiger partial charge in [-0.3, -0.25) is 4.90 Å². The smallest absolute Gasteiger partial charge is 0.417 e. The lowest BCUT2D eigenvalue weighted by Gasteiger charge is -2.34. The first-order valence-corrected chi connectivity index (χ1v) is 8.01. The summed E-state index contributed by atoms with van der Waals surface area (Å²) in [5.74, 6) is 0.930. The summed E-state index contributed by atoms with van der Waals surface area (Å²) in [5.41, 5.74) is 1.16. The minimum atomic E-state index is -0.495. The van der Waals surface area contributed by atoms with E-state index < -0.39 is 11.6 Å². The van der Waals surface area contributed by atoms with Crippen LogP contribution in [0.1, 0.15) is 31.9 Å². The zero-order chi connectivity index (χ0) is 18.4. The summed E-state index contributed by atoms with van der Waals surface area (Å²) in [7, 11) is 1.61. The molecule has 1 aromatic carbocycles. The van der Waals surface area contributed by atoms with Crippen LogP contribution in [0.3, 0.4) is 0 Å². The van der Waals surface area contributed by atoms with E-state index in [9.17, 15) is 9.90 Å². The number of benzene rings is 1. The van der Waals surface area contributed by atoms with Gasteiger partial charge in [-0.15, -0.1) is 0 Å². The summed E-state index contributed by atoms with van der Waals surface area (Å²) in [6.45, 7) is 6.08. The quantitative estimate of drug-likeness (QED) is 0.900. The molecule has 0 spiro atoms. The molecule has 1 N–H and O–H groups in total. The second-order valence-corrected chi connectivity index (χ2v) is 6.63. The fraction of sp³-hybridized carbons (Fsp3) is 0.368. The van der Waals surface area contributed by atoms with Crippen molar-refractivity contribution in [1.82, 2.24) is 9.88 Å². The number of aliphatic hydroxyl groups excluding tert-OH is 1. The van der Waals surface area contributed by atoms with E-state index >= 15 is 0 Å². The van der Waals surface area contributed by atoms with Gasteiger partial charge >= 0.3 is 6.09 Å². The van der Waals surface area contributed by atoms with Gasteiger partial charge in [-0.05, 0) is 50.1 Å². The minimum absolute atomic E-state index is 0.137. The van der Waals surface area contributed by atoms with Crippen molar-refractivity contribution in [2.24, 2.45) is 0 Å². The number of rotatable bonds is 5. The van der Waals surface area contributed by atoms with Crippen LogP contribution < -0.4 is 9.47 Å². The van der Waals surface area contributed by atoms with Gasteiger partial charge in [0.05, 0.1) is 13.7 Å². The molecule has 0 saturated carbocycles. The van der Waals surface area contributed by atoms with E-state index in [-0.39, 0.29) is 12.5 Å². The van der Waals surface area contributed by atoms with Crippen LogP contribution in [0.2, 0.25) is 0 Å². The predicted octanol–water partition coefficient (Wildman–Crippen LogP) is 3.38. The molecule has 0 bridgehead atoms. The van der Waals surface area contributed by atoms with Gasteiger partial charge in [-0.25, -0.2) is 9.78 Å². The Morgan fingerprint density at radius 1 is 1.16 bits per heavy atom. The Morgan fingerprint density at radius 3 is 2.40 bits per heavy atom. The normalized spacial score (nSPS) is 11.1. The van der Waals surface area contributed by atoms with E-state index in [0.717, 1.165) is 11.3 Å². The molecule has 0 aliphatic heterocycles. The SMILES string of the molecule is COc1ccc(CN(C(=O)Oc2cc(CO)ccn2)C(C)(C)C)cc1. The van der Waals surface area contributed by atoms with Crippen LogP contribution in [0.5, 0.6) is 11.6 Å². The van der Waals surface area contributed by atoms with Gasteiger partial charge in [0.15, 0.2) is 0 Å². The van der Waals surface area contributed by atoms with Gasteiger partial charge < -0.3 is 14.6 Å². The highest BCUT2D eigenvalue weighted by atomic mass is 16.6. The molecule has 134 valence electrons. The molecule has 25 heavy (non-hydrogen) atoms. The first-order valence-electron chi connectivity index (χ1n) is 8.01. The maximum atomic E-state index is 12.7. The van der Waals surface area contributed by atoms with Gasteiger partial charge in [0.2, 0.25) is 5.88 Å². The van der Waals surface area contributed by atoms with Crippen LogP contribution >= 0.6 is 0 Å². The highest BCUT2D eigenvalue weighted by molar-refractivity contribution is 5.71. The summed E-state index contributed by atoms with van der Waals surface area (Å²) in [4.78, 5) is 18.3. The van der Waals surface area contributed by atoms with Gasteiger partial charge in [0.1, 0.15) is 5.75 Å². The van der Waals surface area contributed by atoms with Gasteiger partial charge in [0.25, 0.3) is 0 Å². The Balaban J connectivity index is 2.16. The van der Waals surface area contributed by atoms with E-state index in [1.54, 1.807) is 24.1 Å². The predicted molar refractivity (Wildman–Crippen MR) is 94.5 cm³/mol. The number of ether oxygens (including phenoxy) is 2. The van der Waals surface area contributed by atoms with Crippen LogP contribution in [0.15, 0.2) is 42.6 Å². The molecule has 0 fully saturated rings. The lowest BCUT2D eigenvalue weighted by molar-refractivity contribution is 0.100. The topological polar surface area (TPSA) is 71.9 Å². The van der Waals surface area contributed by atoms with E-state index in [1.807, 2.05) is 45.0 Å². The van der Waals surface area contributed by atoms with Crippen LogP contribution in [0, 0.1) is 0 Å². The third-order valence-corrected chi connectivity index (χ3v) is 3.70. The lowest BCUT2D eigenvalue weighted by Crippen LogP contribution is -2.46. The summed E-state index contributed by atoms with van der Waals surface area (Å²) in [6, 6.07) is 10.7. The monoisotopic (exact) mass is 344 g/mol. The molecule has 2 aromatic rings. The Labute approximate surface area is 148 Å². The molecule has 0 unspecified atom stereocenters. The van der Waals surface area contributed by atoms with Crippen molar-refractivity contribution in [1.29, 1.82) is 0 Å². The molecular weight excluding hydrogens is 320 g/mol. The van der Waals surface area contributed by atoms with Gasteiger partial charge in [-0.2, -0.15) is 0 Å². The second kappa shape index (κ2) is 7.98. The third-order valence-electron chi connectivity index (χ3n) is 3.70. The van der Waals surface area contributed by atoms with Crippen molar-refractivity contribution in [3.8, 4) is 11.6 Å². The largest absolute Gasteiger partial charge is 0.497 e. The molecule has 6 heteroatoms. The van der Waals surface area contributed by atoms with Crippen LogP contribution in [0.25, 0.3) is 0 Å². The standard InChI is InChI=1S/C19H24N2O4/c1-19(2,3)21(12-14-5-7-16(24-4)8-6-14)18(23)25-17-11-15(13-22)9-10-20-17/h5-11,22H,12-13H2,1-4H3. The minimum Gasteiger partial charge on any atom is -0.497 e. The van der Waals surface area contributed by atoms with Crippen molar-refractivity contribution in [3.05, 3.63) is 53.7 Å². The number of carbonyl (C=O) groups excluding carboxylic acids is 1. The Morgan fingerprint density at radius 2 is 1.84 bits per heavy atom. The molecule has 0 aliphatic rings. The van der Waals surface area contributed by atoms with E-state index in [0.29, 0.717) is 12.1 Å². The second-order valence-electron chi connectivity index (χ2n) is 6.63. The number of pyridine rings is 1. The van der Waals surface area contributed by atoms with Crippen LogP contribution in [0.4, 0.5) is 4.79 Å². The highest BCUT2D eigenvalue weighted by Crippen LogP contribution is 2.21. The van der Waals surface area contributed by atoms with Crippen molar-refractivity contribution in [2.45, 2.75) is 39.5 Å². The Bertz CT molecular complexity index is 708. The lowest BCUT2D eigenvalue weighted by atomic mass is 10.1. The highest BCUT2D eigenvalue weighted by Gasteiger charge is 2.28. The van der Waals surface area contributed by atoms with E-state index in [1.165, 1.54) is 6.20 Å². The van der Waals surface area contributed by atoms with Gasteiger partial charge in [0, 0.05) is 24.3 Å². The summed E-state index contributed by atoms with van der Waals surface area (Å²) in [6.07, 6.45) is 1.00. The van der Waals surface area contributed by atoms with Crippen molar-refractivity contribution in [2.75, 3.05) is 7.11 Å². The molecule has 2 rings (SSSR count). The molecule has 1 amide bonds. The maximum absolute atomic E-state index is 12.7. The van der Waals surface area contributed by atoms with Gasteiger partial charge in [-0.1, -0.05) is 12.1 Å². The zero-order valence-corrected chi connectivity index (χ0v) is 15.0. The molecule has 6 nitrogen and oxygen atoms in total. The van der Waals surface area contributed by atoms with E-state index in [4.69, 9.17) is 9.47 Å². The number of methoxy groups -OCH3 is 1. The average molecular weight is 344 g/mol. The van der Waals surface area contributed by atoms with Crippen LogP contribution in [-0.2, 0) is 13.2 Å². The number of hydrogen-bond donors (Lipinski definition) is 1. The molecule has 0 saturated heterocycles. The van der Waals surface area contributed by atoms with E-state index in [2.05, 4.69) is 4.98 Å². The first-order chi connectivity index (χ1) is 11.8. The van der Waals surface area contributed by atoms with Crippen molar-refractivity contribution >= 4 is 6.09 Å². The molecule has 1 aromatic heterocycles. The molecule has 0 radical (unpaired) electrons. The van der Waals surface area contributed by atoms with Crippen LogP contribution in [-0.4, -0.2) is 33.7 Å². The number of carbonyl (C=O) groups is 1. The molecule has 1 heterocycles. The summed E-state index contributed by atoms with van der Waals surface area (Å²) < 4.78 is 10.6. The summed E-state index contributed by atoms with van der Waals surface area (Å²) in [5, 5.41) is 9.18. The molecule has 0 aliphatic carbocycles. The number of hydrogen-bond acceptors (Lipinski definition) is 5. The number of aliphatic hydroxyl groups is 1. The van der Waals surface area contributed by atoms with Crippen molar-refractivity contribution < 1.29 is 19.4 Å². The summed E-state index contributed by atoms with van der Waals surface area (Å²) >= 11 is 0. The average Bonchev–Trinajstić information content (AvgIpc) is 2.59. The number of aromatic nitrogens is 1. The zero-order valence-electron chi connectivity index (χ0n) is 15.0. The fourth-order valence-electron chi connectivity index (χ4n) is 2.24. The fourth-order valence-corrected chi connectivity index (χ4v) is 2.24.